The van der Waals surface area contributed by atoms with E-state index in [0.29, 0.717) is 24.9 Å². The van der Waals surface area contributed by atoms with Crippen molar-refractivity contribution >= 4 is 11.8 Å². The standard InChI is InChI=1S/C18H27N3O4/c1-11(2)13-5-14(6-13)18(24)21-4-3-12(9-21)8-19-17(23)16-7-15(10-22)25-20-16/h7,11-14,22H,3-6,8-10H2,1-2H3,(H,19,23). The van der Waals surface area contributed by atoms with E-state index in [9.17, 15) is 9.59 Å². The Morgan fingerprint density at radius 1 is 1.44 bits per heavy atom. The van der Waals surface area contributed by atoms with Crippen molar-refractivity contribution in [2.24, 2.45) is 23.7 Å². The van der Waals surface area contributed by atoms with Crippen LogP contribution in [0.5, 0.6) is 0 Å². The number of aliphatic hydroxyl groups excluding tert-OH is 1. The van der Waals surface area contributed by atoms with Gasteiger partial charge in [0, 0.05) is 31.6 Å². The number of likely N-dealkylation sites (tertiary alicyclic amines) is 1. The molecule has 2 N–H and O–H groups in total. The molecule has 25 heavy (non-hydrogen) atoms. The maximum Gasteiger partial charge on any atom is 0.273 e. The molecular weight excluding hydrogens is 322 g/mol. The zero-order chi connectivity index (χ0) is 18.0. The molecule has 7 heteroatoms. The average Bonchev–Trinajstić information content (AvgIpc) is 3.20. The van der Waals surface area contributed by atoms with Gasteiger partial charge in [0.2, 0.25) is 5.91 Å². The number of carbonyl (C=O) groups is 2. The van der Waals surface area contributed by atoms with Crippen LogP contribution in [0.1, 0.15) is 49.4 Å². The minimum absolute atomic E-state index is 0.171. The van der Waals surface area contributed by atoms with Crippen molar-refractivity contribution in [1.82, 2.24) is 15.4 Å². The van der Waals surface area contributed by atoms with Crippen LogP contribution >= 0.6 is 0 Å². The number of amides is 2. The second-order valence-electron chi connectivity index (χ2n) is 7.66. The molecule has 0 spiro atoms. The summed E-state index contributed by atoms with van der Waals surface area (Å²) in [5.74, 6) is 2.07. The summed E-state index contributed by atoms with van der Waals surface area (Å²) in [5.41, 5.74) is 0.171. The third-order valence-corrected chi connectivity index (χ3v) is 5.56. The van der Waals surface area contributed by atoms with Crippen LogP contribution in [0.4, 0.5) is 0 Å². The minimum Gasteiger partial charge on any atom is -0.388 e. The lowest BCUT2D eigenvalue weighted by atomic mass is 9.69. The Bertz CT molecular complexity index is 622. The normalized spacial score (nSPS) is 25.9. The number of nitrogens with one attached hydrogen (secondary N) is 1. The summed E-state index contributed by atoms with van der Waals surface area (Å²) in [6.07, 6.45) is 2.95. The van der Waals surface area contributed by atoms with Crippen LogP contribution in [-0.4, -0.2) is 46.6 Å². The van der Waals surface area contributed by atoms with Crippen LogP contribution in [0.3, 0.4) is 0 Å². The maximum absolute atomic E-state index is 12.5. The van der Waals surface area contributed by atoms with E-state index in [2.05, 4.69) is 24.3 Å². The molecule has 2 heterocycles. The summed E-state index contributed by atoms with van der Waals surface area (Å²) in [6.45, 7) is 6.17. The van der Waals surface area contributed by atoms with Gasteiger partial charge in [0.25, 0.3) is 5.91 Å². The lowest BCUT2D eigenvalue weighted by Crippen LogP contribution is -2.42. The highest BCUT2D eigenvalue weighted by Gasteiger charge is 2.39. The number of hydrogen-bond donors (Lipinski definition) is 2. The van der Waals surface area contributed by atoms with Gasteiger partial charge in [-0.2, -0.15) is 0 Å². The first-order valence-corrected chi connectivity index (χ1v) is 9.11. The highest BCUT2D eigenvalue weighted by Crippen LogP contribution is 2.40. The summed E-state index contributed by atoms with van der Waals surface area (Å²) in [4.78, 5) is 26.5. The summed E-state index contributed by atoms with van der Waals surface area (Å²) >= 11 is 0. The Morgan fingerprint density at radius 2 is 2.20 bits per heavy atom. The van der Waals surface area contributed by atoms with E-state index in [0.717, 1.165) is 25.8 Å². The van der Waals surface area contributed by atoms with Gasteiger partial charge in [-0.1, -0.05) is 19.0 Å². The summed E-state index contributed by atoms with van der Waals surface area (Å²) in [7, 11) is 0. The van der Waals surface area contributed by atoms with E-state index in [1.807, 2.05) is 4.90 Å². The number of aliphatic hydroxyl groups is 1. The molecule has 3 rings (SSSR count). The van der Waals surface area contributed by atoms with Gasteiger partial charge in [-0.15, -0.1) is 0 Å². The van der Waals surface area contributed by atoms with Crippen molar-refractivity contribution in [2.75, 3.05) is 19.6 Å². The van der Waals surface area contributed by atoms with Crippen molar-refractivity contribution in [1.29, 1.82) is 0 Å². The van der Waals surface area contributed by atoms with Gasteiger partial charge in [0.05, 0.1) is 0 Å². The molecule has 2 fully saturated rings. The minimum atomic E-state index is -0.313. The van der Waals surface area contributed by atoms with Gasteiger partial charge in [-0.25, -0.2) is 0 Å². The van der Waals surface area contributed by atoms with Gasteiger partial charge in [-0.05, 0) is 37.0 Å². The smallest absolute Gasteiger partial charge is 0.273 e. The van der Waals surface area contributed by atoms with E-state index < -0.39 is 0 Å². The molecular formula is C18H27N3O4. The molecule has 1 saturated carbocycles. The number of aromatic nitrogens is 1. The molecule has 138 valence electrons. The lowest BCUT2D eigenvalue weighted by Gasteiger charge is -2.38. The van der Waals surface area contributed by atoms with Gasteiger partial charge >= 0.3 is 0 Å². The monoisotopic (exact) mass is 349 g/mol. The van der Waals surface area contributed by atoms with Gasteiger partial charge < -0.3 is 19.8 Å². The highest BCUT2D eigenvalue weighted by atomic mass is 16.5. The third kappa shape index (κ3) is 4.03. The van der Waals surface area contributed by atoms with Crippen molar-refractivity contribution in [3.8, 4) is 0 Å². The molecule has 1 aromatic rings. The summed E-state index contributed by atoms with van der Waals surface area (Å²) in [5, 5.41) is 15.4. The number of carbonyl (C=O) groups excluding carboxylic acids is 2. The second-order valence-corrected chi connectivity index (χ2v) is 7.66. The van der Waals surface area contributed by atoms with Gasteiger partial charge in [0.15, 0.2) is 11.5 Å². The molecule has 0 aromatic carbocycles. The Labute approximate surface area is 147 Å². The zero-order valence-corrected chi connectivity index (χ0v) is 14.9. The van der Waals surface area contributed by atoms with Gasteiger partial charge in [-0.3, -0.25) is 9.59 Å². The fourth-order valence-corrected chi connectivity index (χ4v) is 3.69. The quantitative estimate of drug-likeness (QED) is 0.810. The van der Waals surface area contributed by atoms with Crippen LogP contribution < -0.4 is 5.32 Å². The highest BCUT2D eigenvalue weighted by molar-refractivity contribution is 5.92. The Kier molecular flexibility index (Phi) is 5.42. The molecule has 0 radical (unpaired) electrons. The van der Waals surface area contributed by atoms with Crippen LogP contribution in [0, 0.1) is 23.7 Å². The fraction of sp³-hybridized carbons (Fsp3) is 0.722. The number of rotatable bonds is 6. The van der Waals surface area contributed by atoms with E-state index in [1.165, 1.54) is 6.07 Å². The van der Waals surface area contributed by atoms with E-state index in [-0.39, 0.29) is 41.7 Å². The molecule has 1 aromatic heterocycles. The predicted molar refractivity (Wildman–Crippen MR) is 90.5 cm³/mol. The molecule has 2 aliphatic rings. The van der Waals surface area contributed by atoms with Crippen molar-refractivity contribution < 1.29 is 19.2 Å². The molecule has 0 bridgehead atoms. The van der Waals surface area contributed by atoms with Crippen molar-refractivity contribution in [2.45, 2.75) is 39.7 Å². The largest absolute Gasteiger partial charge is 0.388 e. The van der Waals surface area contributed by atoms with Gasteiger partial charge in [0.1, 0.15) is 6.61 Å². The Morgan fingerprint density at radius 3 is 2.84 bits per heavy atom. The molecule has 1 saturated heterocycles. The third-order valence-electron chi connectivity index (χ3n) is 5.56. The molecule has 1 unspecified atom stereocenters. The van der Waals surface area contributed by atoms with Crippen molar-refractivity contribution in [3.63, 3.8) is 0 Å². The van der Waals surface area contributed by atoms with Crippen LogP contribution in [0.15, 0.2) is 10.6 Å². The molecule has 1 aliphatic carbocycles. The lowest BCUT2D eigenvalue weighted by molar-refractivity contribution is -0.139. The van der Waals surface area contributed by atoms with E-state index >= 15 is 0 Å². The molecule has 7 nitrogen and oxygen atoms in total. The molecule has 1 atom stereocenters. The Balaban J connectivity index is 1.41. The Hall–Kier alpha value is -1.89. The summed E-state index contributed by atoms with van der Waals surface area (Å²) in [6, 6.07) is 1.43. The number of nitrogens with zero attached hydrogens (tertiary/aromatic N) is 2. The average molecular weight is 349 g/mol. The molecule has 1 aliphatic heterocycles. The first kappa shape index (κ1) is 17.9. The van der Waals surface area contributed by atoms with Crippen LogP contribution in [-0.2, 0) is 11.4 Å². The van der Waals surface area contributed by atoms with Crippen LogP contribution in [0.2, 0.25) is 0 Å². The maximum atomic E-state index is 12.5. The van der Waals surface area contributed by atoms with E-state index in [1.54, 1.807) is 0 Å². The fourth-order valence-electron chi connectivity index (χ4n) is 3.69. The topological polar surface area (TPSA) is 95.7 Å². The molecule has 2 amide bonds. The van der Waals surface area contributed by atoms with E-state index in [4.69, 9.17) is 9.63 Å². The zero-order valence-electron chi connectivity index (χ0n) is 14.9. The van der Waals surface area contributed by atoms with Crippen LogP contribution in [0.25, 0.3) is 0 Å². The second kappa shape index (κ2) is 7.56. The summed E-state index contributed by atoms with van der Waals surface area (Å²) < 4.78 is 4.81. The van der Waals surface area contributed by atoms with Crippen molar-refractivity contribution in [3.05, 3.63) is 17.5 Å². The first-order valence-electron chi connectivity index (χ1n) is 9.11. The SMILES string of the molecule is CC(C)C1CC(C(=O)N2CCC(CNC(=O)c3cc(CO)on3)C2)C1. The predicted octanol–water partition coefficient (Wildman–Crippen LogP) is 1.43. The number of hydrogen-bond acceptors (Lipinski definition) is 5. The first-order chi connectivity index (χ1) is 12.0.